The summed E-state index contributed by atoms with van der Waals surface area (Å²) in [4.78, 5) is 21.8. The van der Waals surface area contributed by atoms with Gasteiger partial charge in [-0.1, -0.05) is 0 Å². The summed E-state index contributed by atoms with van der Waals surface area (Å²) in [5.41, 5.74) is 0.459. The van der Waals surface area contributed by atoms with Gasteiger partial charge in [-0.2, -0.15) is 0 Å². The average molecular weight is 196 g/mol. The lowest BCUT2D eigenvalue weighted by molar-refractivity contribution is -0.138. The molecular formula is C9H12N2O3. The number of nitrogens with one attached hydrogen (secondary N) is 1. The zero-order valence-electron chi connectivity index (χ0n) is 8.02. The van der Waals surface area contributed by atoms with Gasteiger partial charge in [-0.05, 0) is 13.0 Å². The molecule has 0 fully saturated rings. The second-order valence-corrected chi connectivity index (χ2v) is 3.10. The minimum atomic E-state index is -1.05. The molecule has 0 aliphatic carbocycles. The van der Waals surface area contributed by atoms with Crippen LogP contribution in [-0.4, -0.2) is 27.6 Å². The van der Waals surface area contributed by atoms with Crippen LogP contribution in [0.15, 0.2) is 18.5 Å². The van der Waals surface area contributed by atoms with Crippen LogP contribution in [0.1, 0.15) is 17.3 Å². The predicted octanol–water partition coefficient (Wildman–Crippen LogP) is 0.228. The quantitative estimate of drug-likeness (QED) is 0.726. The van der Waals surface area contributed by atoms with E-state index in [4.69, 9.17) is 5.11 Å². The molecule has 0 saturated heterocycles. The van der Waals surface area contributed by atoms with Crippen molar-refractivity contribution in [3.63, 3.8) is 0 Å². The van der Waals surface area contributed by atoms with Gasteiger partial charge in [0.15, 0.2) is 0 Å². The van der Waals surface area contributed by atoms with Crippen molar-refractivity contribution in [1.29, 1.82) is 0 Å². The number of carbonyl (C=O) groups is 2. The SMILES string of the molecule is C[C@H](NC(=O)c1ccn(C)c1)C(=O)O. The first kappa shape index (κ1) is 10.3. The standard InChI is InChI=1S/C9H12N2O3/c1-6(9(13)14)10-8(12)7-3-4-11(2)5-7/h3-6H,1-2H3,(H,10,12)(H,13,14)/t6-/m0/s1. The number of carboxylic acid groups (broad SMARTS) is 1. The molecule has 1 heterocycles. The van der Waals surface area contributed by atoms with Crippen molar-refractivity contribution < 1.29 is 14.7 Å². The van der Waals surface area contributed by atoms with Crippen LogP contribution in [0.5, 0.6) is 0 Å². The van der Waals surface area contributed by atoms with E-state index in [1.165, 1.54) is 6.92 Å². The first-order valence-electron chi connectivity index (χ1n) is 4.16. The van der Waals surface area contributed by atoms with Crippen LogP contribution in [0, 0.1) is 0 Å². The third-order valence-corrected chi connectivity index (χ3v) is 1.81. The summed E-state index contributed by atoms with van der Waals surface area (Å²) < 4.78 is 1.72. The second kappa shape index (κ2) is 3.95. The summed E-state index contributed by atoms with van der Waals surface area (Å²) >= 11 is 0. The van der Waals surface area contributed by atoms with Crippen LogP contribution in [0.4, 0.5) is 0 Å². The zero-order valence-corrected chi connectivity index (χ0v) is 8.02. The Morgan fingerprint density at radius 1 is 1.57 bits per heavy atom. The fraction of sp³-hybridized carbons (Fsp3) is 0.333. The molecule has 2 N–H and O–H groups in total. The van der Waals surface area contributed by atoms with Gasteiger partial charge in [0.1, 0.15) is 6.04 Å². The first-order chi connectivity index (χ1) is 6.50. The second-order valence-electron chi connectivity index (χ2n) is 3.10. The van der Waals surface area contributed by atoms with E-state index in [9.17, 15) is 9.59 Å². The van der Waals surface area contributed by atoms with Crippen LogP contribution in [0.25, 0.3) is 0 Å². The van der Waals surface area contributed by atoms with Gasteiger partial charge in [-0.3, -0.25) is 9.59 Å². The Morgan fingerprint density at radius 3 is 2.64 bits per heavy atom. The van der Waals surface area contributed by atoms with E-state index >= 15 is 0 Å². The van der Waals surface area contributed by atoms with Crippen molar-refractivity contribution in [3.05, 3.63) is 24.0 Å². The van der Waals surface area contributed by atoms with Gasteiger partial charge in [-0.15, -0.1) is 0 Å². The molecule has 5 nitrogen and oxygen atoms in total. The molecule has 0 spiro atoms. The molecule has 14 heavy (non-hydrogen) atoms. The minimum absolute atomic E-state index is 0.375. The number of carbonyl (C=O) groups excluding carboxylic acids is 1. The maximum atomic E-state index is 11.4. The van der Waals surface area contributed by atoms with Crippen molar-refractivity contribution >= 4 is 11.9 Å². The number of hydrogen-bond acceptors (Lipinski definition) is 2. The summed E-state index contributed by atoms with van der Waals surface area (Å²) in [7, 11) is 1.79. The molecule has 0 aliphatic heterocycles. The van der Waals surface area contributed by atoms with E-state index in [0.29, 0.717) is 5.56 Å². The highest BCUT2D eigenvalue weighted by atomic mass is 16.4. The van der Waals surface area contributed by atoms with E-state index in [0.717, 1.165) is 0 Å². The number of hydrogen-bond donors (Lipinski definition) is 2. The average Bonchev–Trinajstić information content (AvgIpc) is 2.51. The summed E-state index contributed by atoms with van der Waals surface area (Å²) in [5.74, 6) is -1.42. The van der Waals surface area contributed by atoms with Gasteiger partial charge in [0.25, 0.3) is 5.91 Å². The molecule has 0 aliphatic rings. The highest BCUT2D eigenvalue weighted by molar-refractivity contribution is 5.96. The molecule has 0 radical (unpaired) electrons. The largest absolute Gasteiger partial charge is 0.480 e. The van der Waals surface area contributed by atoms with Crippen LogP contribution in [0.2, 0.25) is 0 Å². The highest BCUT2D eigenvalue weighted by Gasteiger charge is 2.15. The fourth-order valence-corrected chi connectivity index (χ4v) is 0.979. The monoisotopic (exact) mass is 196 g/mol. The lowest BCUT2D eigenvalue weighted by atomic mass is 10.3. The molecule has 1 aromatic rings. The molecule has 0 aromatic carbocycles. The predicted molar refractivity (Wildman–Crippen MR) is 50.0 cm³/mol. The Morgan fingerprint density at radius 2 is 2.21 bits per heavy atom. The third-order valence-electron chi connectivity index (χ3n) is 1.81. The Labute approximate surface area is 81.3 Å². The zero-order chi connectivity index (χ0) is 10.7. The van der Waals surface area contributed by atoms with Crippen molar-refractivity contribution in [2.24, 2.45) is 7.05 Å². The summed E-state index contributed by atoms with van der Waals surface area (Å²) in [6.07, 6.45) is 3.35. The molecule has 0 bridgehead atoms. The summed E-state index contributed by atoms with van der Waals surface area (Å²) in [6.45, 7) is 1.42. The van der Waals surface area contributed by atoms with Gasteiger partial charge in [0.05, 0.1) is 5.56 Å². The Bertz CT molecular complexity index is 357. The van der Waals surface area contributed by atoms with Crippen LogP contribution >= 0.6 is 0 Å². The fourth-order valence-electron chi connectivity index (χ4n) is 0.979. The van der Waals surface area contributed by atoms with E-state index in [-0.39, 0.29) is 5.91 Å². The number of aromatic nitrogens is 1. The number of amides is 1. The molecular weight excluding hydrogens is 184 g/mol. The van der Waals surface area contributed by atoms with E-state index in [1.807, 2.05) is 0 Å². The maximum Gasteiger partial charge on any atom is 0.325 e. The maximum absolute atomic E-state index is 11.4. The van der Waals surface area contributed by atoms with Crippen LogP contribution in [0.3, 0.4) is 0 Å². The number of nitrogens with zero attached hydrogens (tertiary/aromatic N) is 1. The first-order valence-corrected chi connectivity index (χ1v) is 4.16. The molecule has 5 heteroatoms. The van der Waals surface area contributed by atoms with Gasteiger partial charge in [0, 0.05) is 19.4 Å². The van der Waals surface area contributed by atoms with Crippen LogP contribution < -0.4 is 5.32 Å². The number of aliphatic carboxylic acids is 1. The summed E-state index contributed by atoms with van der Waals surface area (Å²) in [6, 6.07) is 0.756. The van der Waals surface area contributed by atoms with Gasteiger partial charge < -0.3 is 15.0 Å². The lowest BCUT2D eigenvalue weighted by Gasteiger charge is -2.07. The number of aryl methyl sites for hydroxylation is 1. The molecule has 1 atom stereocenters. The Balaban J connectivity index is 2.63. The molecule has 1 rings (SSSR count). The summed E-state index contributed by atoms with van der Waals surface area (Å²) in [5, 5.41) is 10.9. The Kier molecular flexibility index (Phi) is 2.91. The smallest absolute Gasteiger partial charge is 0.325 e. The number of carboxylic acids is 1. The van der Waals surface area contributed by atoms with Crippen LogP contribution in [-0.2, 0) is 11.8 Å². The number of rotatable bonds is 3. The minimum Gasteiger partial charge on any atom is -0.480 e. The third kappa shape index (κ3) is 2.35. The molecule has 1 amide bonds. The molecule has 76 valence electrons. The van der Waals surface area contributed by atoms with E-state index in [1.54, 1.807) is 30.1 Å². The van der Waals surface area contributed by atoms with Crippen molar-refractivity contribution in [2.45, 2.75) is 13.0 Å². The highest BCUT2D eigenvalue weighted by Crippen LogP contribution is 1.99. The van der Waals surface area contributed by atoms with Gasteiger partial charge in [0.2, 0.25) is 0 Å². The van der Waals surface area contributed by atoms with Crippen molar-refractivity contribution in [1.82, 2.24) is 9.88 Å². The molecule has 0 saturated carbocycles. The van der Waals surface area contributed by atoms with Crippen molar-refractivity contribution in [2.75, 3.05) is 0 Å². The lowest BCUT2D eigenvalue weighted by Crippen LogP contribution is -2.38. The van der Waals surface area contributed by atoms with Crippen molar-refractivity contribution in [3.8, 4) is 0 Å². The molecule has 0 unspecified atom stereocenters. The van der Waals surface area contributed by atoms with E-state index in [2.05, 4.69) is 5.32 Å². The van der Waals surface area contributed by atoms with Gasteiger partial charge in [-0.25, -0.2) is 0 Å². The Hall–Kier alpha value is -1.78. The van der Waals surface area contributed by atoms with Gasteiger partial charge >= 0.3 is 5.97 Å². The molecule has 1 aromatic heterocycles. The topological polar surface area (TPSA) is 71.3 Å². The normalized spacial score (nSPS) is 12.1. The van der Waals surface area contributed by atoms with E-state index < -0.39 is 12.0 Å².